The molecule has 1 unspecified atom stereocenters. The summed E-state index contributed by atoms with van der Waals surface area (Å²) in [5.41, 5.74) is 0.892. The van der Waals surface area contributed by atoms with Crippen molar-refractivity contribution >= 4 is 0 Å². The molecule has 1 fully saturated rings. The maximum Gasteiger partial charge on any atom is 0.162 e. The Hall–Kier alpha value is -1.26. The van der Waals surface area contributed by atoms with E-state index in [4.69, 9.17) is 4.74 Å². The van der Waals surface area contributed by atoms with Gasteiger partial charge in [-0.3, -0.25) is 0 Å². The molecule has 106 valence electrons. The zero-order chi connectivity index (χ0) is 13.7. The summed E-state index contributed by atoms with van der Waals surface area (Å²) in [4.78, 5) is 2.39. The van der Waals surface area contributed by atoms with Gasteiger partial charge in [-0.05, 0) is 45.0 Å². The number of para-hydroxylation sites is 1. The molecule has 0 aromatic heterocycles. The molecule has 1 saturated heterocycles. The summed E-state index contributed by atoms with van der Waals surface area (Å²) in [6, 6.07) is 5.61. The fourth-order valence-corrected chi connectivity index (χ4v) is 2.73. The second-order valence-corrected chi connectivity index (χ2v) is 5.37. The number of hydrogen-bond acceptors (Lipinski definition) is 4. The number of rotatable bonds is 5. The Bertz CT molecular complexity index is 409. The minimum Gasteiger partial charge on any atom is -0.504 e. The van der Waals surface area contributed by atoms with Crippen molar-refractivity contribution in [3.63, 3.8) is 0 Å². The van der Waals surface area contributed by atoms with Crippen LogP contribution in [0, 0.1) is 5.92 Å². The van der Waals surface area contributed by atoms with E-state index in [0.29, 0.717) is 18.2 Å². The number of phenols is 1. The molecule has 1 heterocycles. The molecule has 0 aliphatic carbocycles. The van der Waals surface area contributed by atoms with E-state index in [9.17, 15) is 5.11 Å². The lowest BCUT2D eigenvalue weighted by molar-refractivity contribution is 0.206. The van der Waals surface area contributed by atoms with Gasteiger partial charge in [-0.2, -0.15) is 0 Å². The Kier molecular flexibility index (Phi) is 5.05. The number of nitrogens with zero attached hydrogens (tertiary/aromatic N) is 1. The van der Waals surface area contributed by atoms with Gasteiger partial charge in [0.25, 0.3) is 0 Å². The Morgan fingerprint density at radius 1 is 1.47 bits per heavy atom. The van der Waals surface area contributed by atoms with Crippen LogP contribution in [0.4, 0.5) is 0 Å². The molecule has 2 rings (SSSR count). The molecule has 0 radical (unpaired) electrons. The number of nitrogens with one attached hydrogen (secondary N) is 1. The minimum absolute atomic E-state index is 0.248. The Balaban J connectivity index is 1.82. The highest BCUT2D eigenvalue weighted by atomic mass is 16.5. The van der Waals surface area contributed by atoms with Crippen molar-refractivity contribution in [2.75, 3.05) is 33.8 Å². The van der Waals surface area contributed by atoms with E-state index in [1.807, 2.05) is 12.1 Å². The predicted molar refractivity (Wildman–Crippen MR) is 76.6 cm³/mol. The van der Waals surface area contributed by atoms with E-state index in [2.05, 4.69) is 17.3 Å². The molecule has 1 atom stereocenters. The van der Waals surface area contributed by atoms with Gasteiger partial charge in [0.05, 0.1) is 7.11 Å². The summed E-state index contributed by atoms with van der Waals surface area (Å²) in [5.74, 6) is 1.50. The van der Waals surface area contributed by atoms with E-state index in [1.54, 1.807) is 13.2 Å². The normalized spacial score (nSPS) is 20.4. The molecule has 1 aliphatic rings. The van der Waals surface area contributed by atoms with Gasteiger partial charge in [-0.25, -0.2) is 0 Å². The van der Waals surface area contributed by atoms with E-state index >= 15 is 0 Å². The summed E-state index contributed by atoms with van der Waals surface area (Å²) in [7, 11) is 3.75. The number of phenolic OH excluding ortho intramolecular Hbond substituents is 1. The summed E-state index contributed by atoms with van der Waals surface area (Å²) in [6.07, 6.45) is 2.58. The first kappa shape index (κ1) is 14.2. The van der Waals surface area contributed by atoms with Crippen LogP contribution in [0.3, 0.4) is 0 Å². The van der Waals surface area contributed by atoms with Crippen LogP contribution < -0.4 is 10.1 Å². The first-order valence-corrected chi connectivity index (χ1v) is 6.95. The highest BCUT2D eigenvalue weighted by molar-refractivity contribution is 5.45. The molecule has 0 amide bonds. The van der Waals surface area contributed by atoms with Gasteiger partial charge < -0.3 is 20.1 Å². The largest absolute Gasteiger partial charge is 0.504 e. The molecule has 4 nitrogen and oxygen atoms in total. The second-order valence-electron chi connectivity index (χ2n) is 5.37. The maximum absolute atomic E-state index is 9.99. The summed E-state index contributed by atoms with van der Waals surface area (Å²) >= 11 is 0. The van der Waals surface area contributed by atoms with Crippen molar-refractivity contribution < 1.29 is 9.84 Å². The van der Waals surface area contributed by atoms with Crippen molar-refractivity contribution in [3.8, 4) is 11.5 Å². The fourth-order valence-electron chi connectivity index (χ4n) is 2.73. The summed E-state index contributed by atoms with van der Waals surface area (Å²) in [5, 5.41) is 13.4. The molecule has 1 aromatic rings. The number of likely N-dealkylation sites (tertiary alicyclic amines) is 1. The third-order valence-electron chi connectivity index (χ3n) is 3.77. The number of aromatic hydroxyl groups is 1. The van der Waals surface area contributed by atoms with Gasteiger partial charge in [0.15, 0.2) is 11.5 Å². The van der Waals surface area contributed by atoms with Crippen LogP contribution in [0.25, 0.3) is 0 Å². The molecule has 4 heteroatoms. The smallest absolute Gasteiger partial charge is 0.162 e. The third kappa shape index (κ3) is 3.85. The Morgan fingerprint density at radius 2 is 2.32 bits per heavy atom. The highest BCUT2D eigenvalue weighted by Gasteiger charge is 2.16. The average molecular weight is 264 g/mol. The predicted octanol–water partition coefficient (Wildman–Crippen LogP) is 1.83. The molecule has 1 aliphatic heterocycles. The number of ether oxygens (including phenoxy) is 1. The fraction of sp³-hybridized carbons (Fsp3) is 0.600. The van der Waals surface area contributed by atoms with Crippen LogP contribution in [-0.2, 0) is 6.54 Å². The number of hydrogen-bond donors (Lipinski definition) is 2. The van der Waals surface area contributed by atoms with Crippen molar-refractivity contribution in [2.24, 2.45) is 5.92 Å². The lowest BCUT2D eigenvalue weighted by atomic mass is 9.98. The quantitative estimate of drug-likeness (QED) is 0.851. The number of methoxy groups -OCH3 is 1. The van der Waals surface area contributed by atoms with Gasteiger partial charge in [-0.1, -0.05) is 12.1 Å². The van der Waals surface area contributed by atoms with Crippen molar-refractivity contribution in [1.29, 1.82) is 0 Å². The molecule has 0 spiro atoms. The van der Waals surface area contributed by atoms with Gasteiger partial charge in [-0.15, -0.1) is 0 Å². The van der Waals surface area contributed by atoms with Crippen molar-refractivity contribution in [1.82, 2.24) is 10.2 Å². The molecular formula is C15H24N2O2. The van der Waals surface area contributed by atoms with E-state index in [0.717, 1.165) is 18.7 Å². The zero-order valence-electron chi connectivity index (χ0n) is 11.9. The lowest BCUT2D eigenvalue weighted by Gasteiger charge is -2.29. The molecule has 1 aromatic carbocycles. The topological polar surface area (TPSA) is 44.7 Å². The van der Waals surface area contributed by atoms with Crippen LogP contribution in [-0.4, -0.2) is 43.8 Å². The second kappa shape index (κ2) is 6.78. The van der Waals surface area contributed by atoms with Gasteiger partial charge in [0, 0.05) is 18.7 Å². The van der Waals surface area contributed by atoms with E-state index in [1.165, 1.54) is 19.4 Å². The van der Waals surface area contributed by atoms with Crippen LogP contribution >= 0.6 is 0 Å². The Labute approximate surface area is 115 Å². The summed E-state index contributed by atoms with van der Waals surface area (Å²) < 4.78 is 5.11. The third-order valence-corrected chi connectivity index (χ3v) is 3.77. The molecule has 2 N–H and O–H groups in total. The zero-order valence-corrected chi connectivity index (χ0v) is 11.9. The van der Waals surface area contributed by atoms with E-state index in [-0.39, 0.29) is 5.75 Å². The SMILES string of the molecule is COc1cccc(CNCC2CCCN(C)C2)c1O. The number of benzene rings is 1. The standard InChI is InChI=1S/C15H24N2O2/c1-17-8-4-5-12(11-17)9-16-10-13-6-3-7-14(19-2)15(13)18/h3,6-7,12,16,18H,4-5,8-11H2,1-2H3. The maximum atomic E-state index is 9.99. The molecular weight excluding hydrogens is 240 g/mol. The summed E-state index contributed by atoms with van der Waals surface area (Å²) in [6.45, 7) is 4.06. The monoisotopic (exact) mass is 264 g/mol. The number of piperidine rings is 1. The minimum atomic E-state index is 0.248. The Morgan fingerprint density at radius 3 is 3.05 bits per heavy atom. The highest BCUT2D eigenvalue weighted by Crippen LogP contribution is 2.29. The van der Waals surface area contributed by atoms with Gasteiger partial charge >= 0.3 is 0 Å². The molecule has 19 heavy (non-hydrogen) atoms. The molecule has 0 saturated carbocycles. The van der Waals surface area contributed by atoms with Crippen LogP contribution in [0.15, 0.2) is 18.2 Å². The first-order valence-electron chi connectivity index (χ1n) is 6.95. The van der Waals surface area contributed by atoms with Gasteiger partial charge in [0.1, 0.15) is 0 Å². The average Bonchev–Trinajstić information content (AvgIpc) is 2.41. The first-order chi connectivity index (χ1) is 9.20. The van der Waals surface area contributed by atoms with Crippen LogP contribution in [0.1, 0.15) is 18.4 Å². The van der Waals surface area contributed by atoms with E-state index < -0.39 is 0 Å². The van der Waals surface area contributed by atoms with Crippen LogP contribution in [0.5, 0.6) is 11.5 Å². The lowest BCUT2D eigenvalue weighted by Crippen LogP contribution is -2.37. The van der Waals surface area contributed by atoms with Crippen molar-refractivity contribution in [3.05, 3.63) is 23.8 Å². The molecule has 0 bridgehead atoms. The van der Waals surface area contributed by atoms with Crippen LogP contribution in [0.2, 0.25) is 0 Å². The van der Waals surface area contributed by atoms with Gasteiger partial charge in [0.2, 0.25) is 0 Å². The van der Waals surface area contributed by atoms with Crippen molar-refractivity contribution in [2.45, 2.75) is 19.4 Å².